The normalized spacial score (nSPS) is 16.4. The van der Waals surface area contributed by atoms with Crippen molar-refractivity contribution >= 4 is 0 Å². The van der Waals surface area contributed by atoms with E-state index >= 15 is 0 Å². The SMILES string of the molecule is Cc1ccc(CN2CCC(CN(C)Cc3ccc(OC(C)C)cc3)CC2)o1. The Kier molecular flexibility index (Phi) is 6.97. The van der Waals surface area contributed by atoms with E-state index in [0.717, 1.165) is 42.8 Å². The van der Waals surface area contributed by atoms with Crippen LogP contribution in [0.4, 0.5) is 0 Å². The van der Waals surface area contributed by atoms with Gasteiger partial charge in [-0.3, -0.25) is 4.90 Å². The molecule has 0 atom stereocenters. The third-order valence-corrected chi connectivity index (χ3v) is 5.20. The van der Waals surface area contributed by atoms with E-state index < -0.39 is 0 Å². The van der Waals surface area contributed by atoms with Gasteiger partial charge in [-0.15, -0.1) is 0 Å². The summed E-state index contributed by atoms with van der Waals surface area (Å²) in [6.07, 6.45) is 2.76. The Bertz CT molecular complexity index is 685. The molecule has 0 unspecified atom stereocenters. The lowest BCUT2D eigenvalue weighted by Crippen LogP contribution is -2.37. The molecule has 1 aliphatic heterocycles. The molecular weight excluding hydrogens is 336 g/mol. The number of piperidine rings is 1. The predicted octanol–water partition coefficient (Wildman–Crippen LogP) is 4.72. The second kappa shape index (κ2) is 9.43. The van der Waals surface area contributed by atoms with Crippen LogP contribution >= 0.6 is 0 Å². The molecule has 1 fully saturated rings. The molecule has 0 amide bonds. The molecule has 3 rings (SSSR count). The van der Waals surface area contributed by atoms with E-state index in [1.54, 1.807) is 0 Å². The Labute approximate surface area is 164 Å². The predicted molar refractivity (Wildman–Crippen MR) is 110 cm³/mol. The lowest BCUT2D eigenvalue weighted by atomic mass is 9.96. The molecule has 4 nitrogen and oxygen atoms in total. The Morgan fingerprint density at radius 3 is 2.41 bits per heavy atom. The summed E-state index contributed by atoms with van der Waals surface area (Å²) in [5, 5.41) is 0. The van der Waals surface area contributed by atoms with Crippen molar-refractivity contribution < 1.29 is 9.15 Å². The maximum atomic E-state index is 5.72. The van der Waals surface area contributed by atoms with E-state index in [2.05, 4.69) is 67.1 Å². The van der Waals surface area contributed by atoms with Crippen molar-refractivity contribution in [2.24, 2.45) is 5.92 Å². The Morgan fingerprint density at radius 2 is 1.81 bits per heavy atom. The summed E-state index contributed by atoms with van der Waals surface area (Å²) in [7, 11) is 2.23. The summed E-state index contributed by atoms with van der Waals surface area (Å²) in [6, 6.07) is 12.7. The van der Waals surface area contributed by atoms with Gasteiger partial charge in [0.15, 0.2) is 0 Å². The van der Waals surface area contributed by atoms with Gasteiger partial charge in [0.1, 0.15) is 17.3 Å². The van der Waals surface area contributed by atoms with Gasteiger partial charge in [-0.1, -0.05) is 12.1 Å². The molecule has 1 saturated heterocycles. The van der Waals surface area contributed by atoms with Gasteiger partial charge in [0.05, 0.1) is 12.6 Å². The third-order valence-electron chi connectivity index (χ3n) is 5.20. The molecule has 2 heterocycles. The zero-order valence-electron chi connectivity index (χ0n) is 17.3. The van der Waals surface area contributed by atoms with Crippen LogP contribution in [0, 0.1) is 12.8 Å². The van der Waals surface area contributed by atoms with Gasteiger partial charge in [-0.05, 0) is 89.5 Å². The number of ether oxygens (including phenoxy) is 1. The first kappa shape index (κ1) is 20.0. The Morgan fingerprint density at radius 1 is 1.11 bits per heavy atom. The van der Waals surface area contributed by atoms with Crippen LogP contribution in [-0.2, 0) is 13.1 Å². The molecule has 0 spiro atoms. The standard InChI is InChI=1S/C23H34N2O2/c1-18(2)26-22-9-6-20(7-10-22)15-24(4)16-21-11-13-25(14-12-21)17-23-8-5-19(3)27-23/h5-10,18,21H,11-17H2,1-4H3. The summed E-state index contributed by atoms with van der Waals surface area (Å²) < 4.78 is 11.4. The van der Waals surface area contributed by atoms with Crippen molar-refractivity contribution in [1.29, 1.82) is 0 Å². The first-order valence-corrected chi connectivity index (χ1v) is 10.2. The largest absolute Gasteiger partial charge is 0.491 e. The zero-order valence-corrected chi connectivity index (χ0v) is 17.3. The Balaban J connectivity index is 1.39. The average Bonchev–Trinajstić information content (AvgIpc) is 3.03. The fraction of sp³-hybridized carbons (Fsp3) is 0.565. The maximum absolute atomic E-state index is 5.72. The first-order chi connectivity index (χ1) is 13.0. The van der Waals surface area contributed by atoms with Gasteiger partial charge < -0.3 is 14.1 Å². The average molecular weight is 371 g/mol. The number of rotatable bonds is 8. The van der Waals surface area contributed by atoms with Crippen molar-refractivity contribution in [3.63, 3.8) is 0 Å². The molecular formula is C23H34N2O2. The van der Waals surface area contributed by atoms with Crippen LogP contribution < -0.4 is 4.74 Å². The van der Waals surface area contributed by atoms with Gasteiger partial charge in [0, 0.05) is 13.1 Å². The van der Waals surface area contributed by atoms with Crippen LogP contribution in [0.5, 0.6) is 5.75 Å². The topological polar surface area (TPSA) is 28.9 Å². The number of benzene rings is 1. The molecule has 0 radical (unpaired) electrons. The van der Waals surface area contributed by atoms with E-state index in [0.29, 0.717) is 0 Å². The third kappa shape index (κ3) is 6.40. The summed E-state index contributed by atoms with van der Waals surface area (Å²) >= 11 is 0. The van der Waals surface area contributed by atoms with Gasteiger partial charge in [-0.2, -0.15) is 0 Å². The fourth-order valence-corrected chi connectivity index (χ4v) is 3.88. The molecule has 1 aromatic carbocycles. The van der Waals surface area contributed by atoms with Gasteiger partial charge >= 0.3 is 0 Å². The van der Waals surface area contributed by atoms with E-state index in [9.17, 15) is 0 Å². The first-order valence-electron chi connectivity index (χ1n) is 10.2. The minimum Gasteiger partial charge on any atom is -0.491 e. The molecule has 2 aromatic rings. The van der Waals surface area contributed by atoms with Crippen molar-refractivity contribution in [2.75, 3.05) is 26.7 Å². The fourth-order valence-electron chi connectivity index (χ4n) is 3.88. The summed E-state index contributed by atoms with van der Waals surface area (Å²) in [5.74, 6) is 3.84. The lowest BCUT2D eigenvalue weighted by molar-refractivity contribution is 0.140. The monoisotopic (exact) mass is 370 g/mol. The summed E-state index contributed by atoms with van der Waals surface area (Å²) in [4.78, 5) is 4.97. The zero-order chi connectivity index (χ0) is 19.2. The number of hydrogen-bond donors (Lipinski definition) is 0. The lowest BCUT2D eigenvalue weighted by Gasteiger charge is -2.33. The highest BCUT2D eigenvalue weighted by atomic mass is 16.5. The maximum Gasteiger partial charge on any atom is 0.119 e. The van der Waals surface area contributed by atoms with Crippen molar-refractivity contribution in [3.05, 3.63) is 53.5 Å². The molecule has 0 bridgehead atoms. The molecule has 1 aromatic heterocycles. The minimum absolute atomic E-state index is 0.223. The van der Waals surface area contributed by atoms with Crippen LogP contribution in [0.25, 0.3) is 0 Å². The van der Waals surface area contributed by atoms with E-state index in [1.807, 2.05) is 6.92 Å². The highest BCUT2D eigenvalue weighted by Crippen LogP contribution is 2.21. The van der Waals surface area contributed by atoms with E-state index in [-0.39, 0.29) is 6.10 Å². The Hall–Kier alpha value is -1.78. The van der Waals surface area contributed by atoms with Gasteiger partial charge in [0.25, 0.3) is 0 Å². The molecule has 0 N–H and O–H groups in total. The molecule has 0 aliphatic carbocycles. The number of aryl methyl sites for hydroxylation is 1. The number of furan rings is 1. The molecule has 1 aliphatic rings. The van der Waals surface area contributed by atoms with Crippen LogP contribution in [0.2, 0.25) is 0 Å². The van der Waals surface area contributed by atoms with Crippen LogP contribution in [-0.4, -0.2) is 42.6 Å². The summed E-state index contributed by atoms with van der Waals surface area (Å²) in [5.41, 5.74) is 1.35. The quantitative estimate of drug-likeness (QED) is 0.672. The van der Waals surface area contributed by atoms with Crippen molar-refractivity contribution in [3.8, 4) is 5.75 Å². The summed E-state index contributed by atoms with van der Waals surface area (Å²) in [6.45, 7) is 11.6. The van der Waals surface area contributed by atoms with Crippen molar-refractivity contribution in [2.45, 2.75) is 52.8 Å². The van der Waals surface area contributed by atoms with Gasteiger partial charge in [0.2, 0.25) is 0 Å². The minimum atomic E-state index is 0.223. The molecule has 0 saturated carbocycles. The molecule has 27 heavy (non-hydrogen) atoms. The van der Waals surface area contributed by atoms with Crippen LogP contribution in [0.15, 0.2) is 40.8 Å². The van der Waals surface area contributed by atoms with Crippen LogP contribution in [0.3, 0.4) is 0 Å². The second-order valence-corrected chi connectivity index (χ2v) is 8.24. The highest BCUT2D eigenvalue weighted by Gasteiger charge is 2.21. The highest BCUT2D eigenvalue weighted by molar-refractivity contribution is 5.27. The number of nitrogens with zero attached hydrogens (tertiary/aromatic N) is 2. The number of hydrogen-bond acceptors (Lipinski definition) is 4. The van der Waals surface area contributed by atoms with Gasteiger partial charge in [-0.25, -0.2) is 0 Å². The van der Waals surface area contributed by atoms with Crippen molar-refractivity contribution in [1.82, 2.24) is 9.80 Å². The second-order valence-electron chi connectivity index (χ2n) is 8.24. The van der Waals surface area contributed by atoms with Crippen LogP contribution in [0.1, 0.15) is 43.8 Å². The van der Waals surface area contributed by atoms with E-state index in [1.165, 1.54) is 31.5 Å². The molecule has 4 heteroatoms. The number of likely N-dealkylation sites (tertiary alicyclic amines) is 1. The smallest absolute Gasteiger partial charge is 0.119 e. The van der Waals surface area contributed by atoms with E-state index in [4.69, 9.17) is 9.15 Å². The molecule has 148 valence electrons.